The fraction of sp³-hybridized carbons (Fsp3) is 0.909. The Morgan fingerprint density at radius 1 is 1.00 bits per heavy atom. The van der Waals surface area contributed by atoms with Crippen molar-refractivity contribution >= 4 is 24.5 Å². The second kappa shape index (κ2) is 6.40. The summed E-state index contributed by atoms with van der Waals surface area (Å²) in [6, 6.07) is 0. The van der Waals surface area contributed by atoms with Gasteiger partial charge in [0.1, 0.15) is 0 Å². The maximum atomic E-state index is 13.0. The minimum atomic E-state index is -0.698. The van der Waals surface area contributed by atoms with Crippen LogP contribution in [-0.2, 0) is 9.59 Å². The molecule has 0 radical (unpaired) electrons. The number of aliphatic carboxylic acids is 1. The van der Waals surface area contributed by atoms with E-state index < -0.39 is 16.8 Å². The van der Waals surface area contributed by atoms with E-state index in [9.17, 15) is 14.7 Å². The molecule has 2 rings (SSSR count). The van der Waals surface area contributed by atoms with E-state index in [-0.39, 0.29) is 27.6 Å². The normalized spacial score (nSPS) is 34.9. The molecule has 2 aliphatic rings. The van der Waals surface area contributed by atoms with Crippen LogP contribution in [0.1, 0.15) is 81.1 Å². The lowest BCUT2D eigenvalue weighted by molar-refractivity contribution is -0.148. The lowest BCUT2D eigenvalue weighted by Crippen LogP contribution is -2.42. The van der Waals surface area contributed by atoms with Crippen molar-refractivity contribution in [2.45, 2.75) is 81.1 Å². The quantitative estimate of drug-likeness (QED) is 0.516. The zero-order valence-corrected chi connectivity index (χ0v) is 19.3. The summed E-state index contributed by atoms with van der Waals surface area (Å²) in [5.74, 6) is 0.0455. The number of nitrogens with one attached hydrogen (secondary N) is 1. The third kappa shape index (κ3) is 3.54. The highest BCUT2D eigenvalue weighted by molar-refractivity contribution is 7.80. The first-order valence-electron chi connectivity index (χ1n) is 10.1. The maximum absolute atomic E-state index is 13.0. The van der Waals surface area contributed by atoms with Crippen LogP contribution in [0.3, 0.4) is 0 Å². The number of amides is 1. The standard InChI is InChI=1S/C22H39NO3S/c1-17(2,3)11-22(16(25)26)14-20(22,8)18(4,5)12-21(13-19(21,6)7)15(24)23-9-10-27/h27H,9-14H2,1-8H3,(H,23,24)(H,25,26). The van der Waals surface area contributed by atoms with E-state index in [4.69, 9.17) is 0 Å². The summed E-state index contributed by atoms with van der Waals surface area (Å²) in [6.07, 6.45) is 2.93. The van der Waals surface area contributed by atoms with Crippen molar-refractivity contribution in [1.29, 1.82) is 0 Å². The number of carboxylic acids is 1. The number of carbonyl (C=O) groups is 2. The Kier molecular flexibility index (Phi) is 5.35. The summed E-state index contributed by atoms with van der Waals surface area (Å²) in [5.41, 5.74) is -1.76. The highest BCUT2D eigenvalue weighted by atomic mass is 32.1. The zero-order valence-electron chi connectivity index (χ0n) is 18.5. The van der Waals surface area contributed by atoms with Gasteiger partial charge in [0.25, 0.3) is 0 Å². The van der Waals surface area contributed by atoms with Crippen LogP contribution < -0.4 is 5.32 Å². The van der Waals surface area contributed by atoms with Crippen molar-refractivity contribution < 1.29 is 14.7 Å². The first-order chi connectivity index (χ1) is 12.0. The monoisotopic (exact) mass is 397 g/mol. The molecule has 2 N–H and O–H groups in total. The lowest BCUT2D eigenvalue weighted by Gasteiger charge is -2.40. The minimum Gasteiger partial charge on any atom is -0.481 e. The minimum absolute atomic E-state index is 0.0489. The first-order valence-corrected chi connectivity index (χ1v) is 10.8. The second-order valence-corrected chi connectivity index (χ2v) is 12.3. The summed E-state index contributed by atoms with van der Waals surface area (Å²) < 4.78 is 0. The molecule has 0 aromatic carbocycles. The molecule has 27 heavy (non-hydrogen) atoms. The summed E-state index contributed by atoms with van der Waals surface area (Å²) in [5, 5.41) is 13.2. The molecule has 2 saturated carbocycles. The van der Waals surface area contributed by atoms with Crippen molar-refractivity contribution in [3.8, 4) is 0 Å². The molecule has 3 unspecified atom stereocenters. The predicted octanol–water partition coefficient (Wildman–Crippen LogP) is 4.78. The number of carboxylic acid groups (broad SMARTS) is 1. The Balaban J connectivity index is 2.30. The van der Waals surface area contributed by atoms with Gasteiger partial charge in [0.15, 0.2) is 0 Å². The lowest BCUT2D eigenvalue weighted by atomic mass is 9.63. The van der Waals surface area contributed by atoms with Gasteiger partial charge in [0.05, 0.1) is 10.8 Å². The average molecular weight is 398 g/mol. The maximum Gasteiger partial charge on any atom is 0.310 e. The van der Waals surface area contributed by atoms with Crippen LogP contribution in [0, 0.1) is 32.5 Å². The van der Waals surface area contributed by atoms with Crippen LogP contribution in [-0.4, -0.2) is 29.3 Å². The van der Waals surface area contributed by atoms with Gasteiger partial charge >= 0.3 is 5.97 Å². The van der Waals surface area contributed by atoms with Gasteiger partial charge in [-0.2, -0.15) is 12.6 Å². The van der Waals surface area contributed by atoms with Gasteiger partial charge < -0.3 is 10.4 Å². The molecule has 5 heteroatoms. The van der Waals surface area contributed by atoms with Gasteiger partial charge in [0, 0.05) is 12.3 Å². The molecule has 0 aliphatic heterocycles. The molecule has 1 amide bonds. The zero-order chi connectivity index (χ0) is 21.1. The van der Waals surface area contributed by atoms with Crippen molar-refractivity contribution in [3.05, 3.63) is 0 Å². The van der Waals surface area contributed by atoms with Crippen LogP contribution in [0.15, 0.2) is 0 Å². The number of thiol groups is 1. The largest absolute Gasteiger partial charge is 0.481 e. The summed E-state index contributed by atoms with van der Waals surface area (Å²) in [4.78, 5) is 25.3. The molecule has 3 atom stereocenters. The van der Waals surface area contributed by atoms with Gasteiger partial charge in [-0.15, -0.1) is 0 Å². The summed E-state index contributed by atoms with van der Waals surface area (Å²) in [7, 11) is 0. The van der Waals surface area contributed by atoms with Crippen molar-refractivity contribution in [2.75, 3.05) is 12.3 Å². The van der Waals surface area contributed by atoms with Crippen molar-refractivity contribution in [3.63, 3.8) is 0 Å². The van der Waals surface area contributed by atoms with Crippen molar-refractivity contribution in [2.24, 2.45) is 32.5 Å². The highest BCUT2D eigenvalue weighted by Gasteiger charge is 2.77. The molecule has 4 nitrogen and oxygen atoms in total. The molecule has 0 bridgehead atoms. The SMILES string of the molecule is CC(C)(C)CC1(C(=O)O)CC1(C)C(C)(C)CC1(C(=O)NCCS)CC1(C)C. The smallest absolute Gasteiger partial charge is 0.310 e. The molecule has 2 aliphatic carbocycles. The molecule has 0 heterocycles. The van der Waals surface area contributed by atoms with Crippen LogP contribution >= 0.6 is 12.6 Å². The van der Waals surface area contributed by atoms with E-state index in [1.807, 2.05) is 0 Å². The second-order valence-electron chi connectivity index (χ2n) is 11.8. The van der Waals surface area contributed by atoms with Crippen LogP contribution in [0.4, 0.5) is 0 Å². The van der Waals surface area contributed by atoms with Gasteiger partial charge in [-0.25, -0.2) is 0 Å². The molecule has 0 spiro atoms. The predicted molar refractivity (Wildman–Crippen MR) is 113 cm³/mol. The van der Waals surface area contributed by atoms with E-state index in [0.717, 1.165) is 12.8 Å². The first kappa shape index (κ1) is 22.6. The number of rotatable bonds is 8. The Morgan fingerprint density at radius 2 is 1.52 bits per heavy atom. The highest BCUT2D eigenvalue weighted by Crippen LogP contribution is 2.79. The molecule has 0 aromatic rings. The molecular formula is C22H39NO3S. The van der Waals surface area contributed by atoms with E-state index >= 15 is 0 Å². The van der Waals surface area contributed by atoms with E-state index in [1.54, 1.807) is 0 Å². The number of hydrogen-bond acceptors (Lipinski definition) is 3. The molecule has 2 fully saturated rings. The van der Waals surface area contributed by atoms with Gasteiger partial charge in [-0.05, 0) is 47.3 Å². The number of carbonyl (C=O) groups excluding carboxylic acids is 1. The summed E-state index contributed by atoms with van der Waals surface area (Å²) in [6.45, 7) is 17.7. The van der Waals surface area contributed by atoms with Gasteiger partial charge in [-0.3, -0.25) is 9.59 Å². The molecule has 0 saturated heterocycles. The molecular weight excluding hydrogens is 358 g/mol. The van der Waals surface area contributed by atoms with Crippen LogP contribution in [0.2, 0.25) is 0 Å². The fourth-order valence-corrected chi connectivity index (χ4v) is 5.88. The third-order valence-corrected chi connectivity index (χ3v) is 8.04. The van der Waals surface area contributed by atoms with E-state index in [1.165, 1.54) is 0 Å². The topological polar surface area (TPSA) is 66.4 Å². The number of hydrogen-bond donors (Lipinski definition) is 3. The Labute approximate surface area is 170 Å². The van der Waals surface area contributed by atoms with E-state index in [2.05, 4.69) is 73.3 Å². The average Bonchev–Trinajstić information content (AvgIpc) is 3.27. The van der Waals surface area contributed by atoms with Crippen LogP contribution in [0.25, 0.3) is 0 Å². The fourth-order valence-electron chi connectivity index (χ4n) is 5.76. The van der Waals surface area contributed by atoms with Gasteiger partial charge in [0.2, 0.25) is 5.91 Å². The van der Waals surface area contributed by atoms with Crippen molar-refractivity contribution in [1.82, 2.24) is 5.32 Å². The summed E-state index contributed by atoms with van der Waals surface area (Å²) >= 11 is 4.20. The Hall–Kier alpha value is -0.710. The Morgan fingerprint density at radius 3 is 1.89 bits per heavy atom. The van der Waals surface area contributed by atoms with Crippen LogP contribution in [0.5, 0.6) is 0 Å². The Bertz CT molecular complexity index is 636. The molecule has 156 valence electrons. The van der Waals surface area contributed by atoms with E-state index in [0.29, 0.717) is 25.1 Å². The molecule has 0 aromatic heterocycles. The van der Waals surface area contributed by atoms with Gasteiger partial charge in [-0.1, -0.05) is 55.4 Å². The third-order valence-electron chi connectivity index (χ3n) is 7.81.